The van der Waals surface area contributed by atoms with Gasteiger partial charge in [-0.15, -0.1) is 0 Å². The van der Waals surface area contributed by atoms with Gasteiger partial charge >= 0.3 is 0 Å². The Hall–Kier alpha value is -2.72. The molecular weight excluding hydrogens is 484 g/mol. The molecule has 1 aromatic carbocycles. The predicted octanol–water partition coefficient (Wildman–Crippen LogP) is 5.75. The van der Waals surface area contributed by atoms with E-state index in [0.29, 0.717) is 17.2 Å². The van der Waals surface area contributed by atoms with Gasteiger partial charge in [0.05, 0.1) is 10.5 Å². The minimum absolute atomic E-state index is 0.244. The van der Waals surface area contributed by atoms with E-state index in [0.717, 1.165) is 48.1 Å². The van der Waals surface area contributed by atoms with E-state index in [9.17, 15) is 17.8 Å². The highest BCUT2D eigenvalue weighted by Gasteiger charge is 2.25. The van der Waals surface area contributed by atoms with Crippen LogP contribution < -0.4 is 10.9 Å². The summed E-state index contributed by atoms with van der Waals surface area (Å²) in [5.41, 5.74) is 0.579. The van der Waals surface area contributed by atoms with Gasteiger partial charge in [-0.05, 0) is 75.3 Å². The van der Waals surface area contributed by atoms with Gasteiger partial charge in [-0.2, -0.15) is 4.98 Å². The third-order valence-corrected chi connectivity index (χ3v) is 8.37. The van der Waals surface area contributed by atoms with Crippen molar-refractivity contribution < 1.29 is 13.0 Å². The zero-order valence-corrected chi connectivity index (χ0v) is 22.1. The van der Waals surface area contributed by atoms with E-state index in [4.69, 9.17) is 0 Å². The quantitative estimate of drug-likeness (QED) is 0.432. The van der Waals surface area contributed by atoms with Crippen LogP contribution in [-0.2, 0) is 11.0 Å². The lowest BCUT2D eigenvalue weighted by Gasteiger charge is -2.32. The van der Waals surface area contributed by atoms with Gasteiger partial charge in [0.1, 0.15) is 16.6 Å². The Morgan fingerprint density at radius 2 is 1.81 bits per heavy atom. The fraction of sp³-hybridized carbons (Fsp3) is 0.500. The van der Waals surface area contributed by atoms with Crippen LogP contribution in [-0.4, -0.2) is 36.1 Å². The van der Waals surface area contributed by atoms with Crippen LogP contribution in [0.5, 0.6) is 0 Å². The van der Waals surface area contributed by atoms with Crippen molar-refractivity contribution in [2.24, 2.45) is 11.8 Å². The average molecular weight is 518 g/mol. The van der Waals surface area contributed by atoms with Crippen molar-refractivity contribution in [1.82, 2.24) is 18.8 Å². The van der Waals surface area contributed by atoms with E-state index in [-0.39, 0.29) is 17.6 Å². The standard InChI is InChI=1S/C26H33F2N5O2S/c1-15(2)18-8-10-32(11-9-18)36(35)20-6-7-22(17(5)12-20)30-26-29-14-19-13-21(23(27)28)25(34)33(16(3)4)24(19)31-26/h6-7,12-16,18,23H,8-11H2,1-5H3,(H,29,30,31). The minimum Gasteiger partial charge on any atom is -0.324 e. The summed E-state index contributed by atoms with van der Waals surface area (Å²) < 4.78 is 43.2. The van der Waals surface area contributed by atoms with Crippen molar-refractivity contribution in [3.05, 3.63) is 51.9 Å². The molecule has 2 aromatic heterocycles. The number of anilines is 2. The van der Waals surface area contributed by atoms with E-state index in [1.807, 2.05) is 29.4 Å². The molecule has 1 aliphatic rings. The summed E-state index contributed by atoms with van der Waals surface area (Å²) in [6.07, 6.45) is 0.676. The number of piperidine rings is 1. The van der Waals surface area contributed by atoms with E-state index in [1.165, 1.54) is 10.8 Å². The van der Waals surface area contributed by atoms with Crippen molar-refractivity contribution in [2.45, 2.75) is 64.8 Å². The van der Waals surface area contributed by atoms with Gasteiger partial charge in [0.15, 0.2) is 0 Å². The Morgan fingerprint density at radius 3 is 2.39 bits per heavy atom. The fourth-order valence-electron chi connectivity index (χ4n) is 4.70. The highest BCUT2D eigenvalue weighted by Crippen LogP contribution is 2.29. The van der Waals surface area contributed by atoms with Crippen LogP contribution in [0.4, 0.5) is 20.4 Å². The van der Waals surface area contributed by atoms with Gasteiger partial charge in [0.25, 0.3) is 12.0 Å². The lowest BCUT2D eigenvalue weighted by atomic mass is 9.87. The summed E-state index contributed by atoms with van der Waals surface area (Å²) in [6.45, 7) is 11.5. The molecule has 1 aliphatic heterocycles. The van der Waals surface area contributed by atoms with E-state index < -0.39 is 28.5 Å². The van der Waals surface area contributed by atoms with Crippen LogP contribution in [0.2, 0.25) is 0 Å². The number of rotatable bonds is 7. The first-order chi connectivity index (χ1) is 17.1. The Bertz CT molecular complexity index is 1330. The van der Waals surface area contributed by atoms with Gasteiger partial charge in [0, 0.05) is 36.4 Å². The lowest BCUT2D eigenvalue weighted by Crippen LogP contribution is -2.36. The van der Waals surface area contributed by atoms with Crippen molar-refractivity contribution in [2.75, 3.05) is 18.4 Å². The third kappa shape index (κ3) is 5.34. The largest absolute Gasteiger partial charge is 0.324 e. The molecule has 10 heteroatoms. The summed E-state index contributed by atoms with van der Waals surface area (Å²) in [5.74, 6) is 1.57. The number of benzene rings is 1. The minimum atomic E-state index is -2.88. The number of nitrogens with zero attached hydrogens (tertiary/aromatic N) is 4. The average Bonchev–Trinajstić information content (AvgIpc) is 2.84. The van der Waals surface area contributed by atoms with Crippen LogP contribution in [0.25, 0.3) is 11.0 Å². The molecule has 1 N–H and O–H groups in total. The molecular formula is C26H33F2N5O2S. The van der Waals surface area contributed by atoms with Crippen LogP contribution in [0, 0.1) is 18.8 Å². The van der Waals surface area contributed by atoms with Gasteiger partial charge in [-0.1, -0.05) is 13.8 Å². The molecule has 3 heterocycles. The SMILES string of the molecule is Cc1cc(S(=O)N2CCC(C(C)C)CC2)ccc1Nc1ncc2cc(C(F)F)c(=O)n(C(C)C)c2n1. The zero-order chi connectivity index (χ0) is 26.1. The second kappa shape index (κ2) is 10.7. The molecule has 3 aromatic rings. The maximum Gasteiger partial charge on any atom is 0.269 e. The van der Waals surface area contributed by atoms with Crippen molar-refractivity contribution in [3.8, 4) is 0 Å². The van der Waals surface area contributed by atoms with Crippen LogP contribution in [0.1, 0.15) is 64.1 Å². The van der Waals surface area contributed by atoms with Crippen molar-refractivity contribution in [1.29, 1.82) is 0 Å². The molecule has 36 heavy (non-hydrogen) atoms. The van der Waals surface area contributed by atoms with E-state index in [1.54, 1.807) is 13.8 Å². The Morgan fingerprint density at radius 1 is 1.11 bits per heavy atom. The highest BCUT2D eigenvalue weighted by atomic mass is 32.2. The summed E-state index contributed by atoms with van der Waals surface area (Å²) in [7, 11) is -1.22. The monoisotopic (exact) mass is 517 g/mol. The Kier molecular flexibility index (Phi) is 7.85. The number of fused-ring (bicyclic) bond motifs is 1. The first-order valence-electron chi connectivity index (χ1n) is 12.3. The number of hydrogen-bond acceptors (Lipinski definition) is 5. The van der Waals surface area contributed by atoms with Crippen molar-refractivity contribution >= 4 is 33.7 Å². The number of hydrogen-bond donors (Lipinski definition) is 1. The molecule has 0 saturated carbocycles. The maximum absolute atomic E-state index is 13.4. The van der Waals surface area contributed by atoms with Crippen LogP contribution in [0.3, 0.4) is 0 Å². The molecule has 0 bridgehead atoms. The summed E-state index contributed by atoms with van der Waals surface area (Å²) >= 11 is 0. The molecule has 1 atom stereocenters. The van der Waals surface area contributed by atoms with Crippen LogP contribution in [0.15, 0.2) is 40.2 Å². The normalized spacial score (nSPS) is 16.4. The second-order valence-corrected chi connectivity index (χ2v) is 11.5. The first kappa shape index (κ1) is 26.3. The molecule has 0 radical (unpaired) electrons. The summed E-state index contributed by atoms with van der Waals surface area (Å²) in [5, 5.41) is 3.52. The van der Waals surface area contributed by atoms with Gasteiger partial charge in [-0.3, -0.25) is 9.36 Å². The number of nitrogens with one attached hydrogen (secondary N) is 1. The summed E-state index contributed by atoms with van der Waals surface area (Å²) in [6, 6.07) is 6.37. The second-order valence-electron chi connectivity index (χ2n) is 10.0. The van der Waals surface area contributed by atoms with Gasteiger partial charge in [-0.25, -0.2) is 22.3 Å². The Balaban J connectivity index is 1.57. The highest BCUT2D eigenvalue weighted by molar-refractivity contribution is 7.82. The number of alkyl halides is 2. The van der Waals surface area contributed by atoms with E-state index in [2.05, 4.69) is 29.1 Å². The molecule has 0 aliphatic carbocycles. The Labute approximate surface area is 212 Å². The predicted molar refractivity (Wildman–Crippen MR) is 139 cm³/mol. The fourth-order valence-corrected chi connectivity index (χ4v) is 6.00. The molecule has 194 valence electrons. The lowest BCUT2D eigenvalue weighted by molar-refractivity contribution is 0.149. The number of pyridine rings is 1. The molecule has 7 nitrogen and oxygen atoms in total. The molecule has 4 rings (SSSR count). The van der Waals surface area contributed by atoms with Crippen LogP contribution >= 0.6 is 0 Å². The molecule has 1 fully saturated rings. The number of aryl methyl sites for hydroxylation is 1. The summed E-state index contributed by atoms with van der Waals surface area (Å²) in [4.78, 5) is 22.1. The smallest absolute Gasteiger partial charge is 0.269 e. The number of halogens is 2. The zero-order valence-electron chi connectivity index (χ0n) is 21.3. The maximum atomic E-state index is 13.4. The third-order valence-electron chi connectivity index (χ3n) is 6.87. The molecule has 0 spiro atoms. The van der Waals surface area contributed by atoms with Gasteiger partial charge < -0.3 is 5.32 Å². The topological polar surface area (TPSA) is 80.1 Å². The van der Waals surface area contributed by atoms with E-state index >= 15 is 0 Å². The molecule has 1 unspecified atom stereocenters. The first-order valence-corrected chi connectivity index (χ1v) is 13.4. The van der Waals surface area contributed by atoms with Crippen molar-refractivity contribution in [3.63, 3.8) is 0 Å². The molecule has 1 saturated heterocycles. The number of aromatic nitrogens is 3. The molecule has 0 amide bonds. The van der Waals surface area contributed by atoms with Gasteiger partial charge in [0.2, 0.25) is 5.95 Å².